The van der Waals surface area contributed by atoms with Gasteiger partial charge in [-0.05, 0) is 19.1 Å². The Kier molecular flexibility index (Phi) is 4.17. The van der Waals surface area contributed by atoms with Crippen LogP contribution in [0.25, 0.3) is 28.0 Å². The van der Waals surface area contributed by atoms with Gasteiger partial charge in [-0.2, -0.15) is 13.9 Å². The van der Waals surface area contributed by atoms with Crippen molar-refractivity contribution in [1.29, 1.82) is 0 Å². The summed E-state index contributed by atoms with van der Waals surface area (Å²) < 4.78 is 33.0. The van der Waals surface area contributed by atoms with Gasteiger partial charge in [0.15, 0.2) is 11.4 Å². The van der Waals surface area contributed by atoms with Gasteiger partial charge in [0.25, 0.3) is 10.0 Å². The van der Waals surface area contributed by atoms with Crippen LogP contribution in [0.5, 0.6) is 0 Å². The van der Waals surface area contributed by atoms with Crippen LogP contribution < -0.4 is 0 Å². The Morgan fingerprint density at radius 1 is 1.15 bits per heavy atom. The summed E-state index contributed by atoms with van der Waals surface area (Å²) in [6.07, 6.45) is 0. The van der Waals surface area contributed by atoms with E-state index < -0.39 is 10.0 Å². The Morgan fingerprint density at radius 3 is 2.63 bits per heavy atom. The van der Waals surface area contributed by atoms with E-state index in [2.05, 4.69) is 15.3 Å². The number of hydrogen-bond donors (Lipinski definition) is 1. The van der Waals surface area contributed by atoms with Crippen molar-refractivity contribution in [3.05, 3.63) is 42.1 Å². The molecule has 0 aliphatic carbocycles. The van der Waals surface area contributed by atoms with Gasteiger partial charge in [-0.3, -0.25) is 0 Å². The number of sulfonamides is 1. The number of hydrogen-bond acceptors (Lipinski definition) is 7. The van der Waals surface area contributed by atoms with Crippen molar-refractivity contribution in [2.45, 2.75) is 12.0 Å². The highest BCUT2D eigenvalue weighted by molar-refractivity contribution is 7.89. The van der Waals surface area contributed by atoms with Crippen LogP contribution in [-0.2, 0) is 10.0 Å². The van der Waals surface area contributed by atoms with Crippen LogP contribution in [0.1, 0.15) is 5.69 Å². The predicted octanol–water partition coefficient (Wildman–Crippen LogP) is 1.46. The molecule has 0 atom stereocenters. The van der Waals surface area contributed by atoms with Gasteiger partial charge in [0.2, 0.25) is 10.9 Å². The number of aliphatic hydroxyl groups is 1. The molecule has 3 aromatic heterocycles. The summed E-state index contributed by atoms with van der Waals surface area (Å²) >= 11 is 0. The Morgan fingerprint density at radius 2 is 1.89 bits per heavy atom. The number of aliphatic hydroxyl groups excluding tert-OH is 1. The zero-order chi connectivity index (χ0) is 19.2. The second kappa shape index (κ2) is 6.41. The maximum Gasteiger partial charge on any atom is 0.276 e. The van der Waals surface area contributed by atoms with Crippen LogP contribution in [0.3, 0.4) is 0 Å². The predicted molar refractivity (Wildman–Crippen MR) is 97.6 cm³/mol. The van der Waals surface area contributed by atoms with E-state index in [1.165, 1.54) is 19.2 Å². The molecular formula is C17H17N5O4S. The maximum atomic E-state index is 12.5. The van der Waals surface area contributed by atoms with Gasteiger partial charge in [0.1, 0.15) is 0 Å². The molecule has 10 heteroatoms. The van der Waals surface area contributed by atoms with Crippen molar-refractivity contribution in [2.75, 3.05) is 20.2 Å². The molecule has 0 spiro atoms. The fourth-order valence-corrected chi connectivity index (χ4v) is 3.95. The number of aromatic nitrogens is 4. The molecule has 0 radical (unpaired) electrons. The molecule has 4 rings (SSSR count). The summed E-state index contributed by atoms with van der Waals surface area (Å²) in [5.41, 5.74) is 1.35. The summed E-state index contributed by atoms with van der Waals surface area (Å²) in [4.78, 5) is 0. The normalized spacial score (nSPS) is 12.4. The number of aryl methyl sites for hydroxylation is 1. The first kappa shape index (κ1) is 17.6. The molecule has 3 heterocycles. The topological polar surface area (TPSA) is 114 Å². The minimum absolute atomic E-state index is 0.0288. The van der Waals surface area contributed by atoms with Crippen molar-refractivity contribution in [3.8, 4) is 11.6 Å². The van der Waals surface area contributed by atoms with Crippen LogP contribution in [0.15, 0.2) is 45.9 Å². The lowest BCUT2D eigenvalue weighted by Gasteiger charge is -2.13. The zero-order valence-corrected chi connectivity index (χ0v) is 15.5. The molecule has 0 aliphatic heterocycles. The Bertz CT molecular complexity index is 1240. The third-order valence-electron chi connectivity index (χ3n) is 4.33. The monoisotopic (exact) mass is 387 g/mol. The van der Waals surface area contributed by atoms with Gasteiger partial charge < -0.3 is 9.52 Å². The van der Waals surface area contributed by atoms with Gasteiger partial charge in [0, 0.05) is 24.4 Å². The van der Waals surface area contributed by atoms with Gasteiger partial charge >= 0.3 is 0 Å². The number of likely N-dealkylation sites (N-methyl/N-ethyl adjacent to an activating group) is 1. The minimum Gasteiger partial charge on any atom is -0.440 e. The van der Waals surface area contributed by atoms with Crippen LogP contribution in [0, 0.1) is 6.92 Å². The van der Waals surface area contributed by atoms with E-state index in [4.69, 9.17) is 9.52 Å². The number of nitrogens with zero attached hydrogens (tertiary/aromatic N) is 5. The van der Waals surface area contributed by atoms with Crippen molar-refractivity contribution >= 4 is 26.4 Å². The summed E-state index contributed by atoms with van der Waals surface area (Å²) in [6.45, 7) is 1.57. The molecule has 1 aromatic carbocycles. The Hall–Kier alpha value is -2.82. The summed E-state index contributed by atoms with van der Waals surface area (Å²) in [7, 11) is -2.47. The molecule has 0 aliphatic rings. The number of rotatable bonds is 5. The van der Waals surface area contributed by atoms with Crippen molar-refractivity contribution in [3.63, 3.8) is 0 Å². The van der Waals surface area contributed by atoms with Crippen LogP contribution in [0.4, 0.5) is 0 Å². The number of fused-ring (bicyclic) bond motifs is 3. The first-order chi connectivity index (χ1) is 12.9. The molecule has 140 valence electrons. The van der Waals surface area contributed by atoms with Crippen molar-refractivity contribution in [2.24, 2.45) is 0 Å². The highest BCUT2D eigenvalue weighted by atomic mass is 32.2. The van der Waals surface area contributed by atoms with Gasteiger partial charge in [-0.25, -0.2) is 8.42 Å². The quantitative estimate of drug-likeness (QED) is 0.551. The molecule has 9 nitrogen and oxygen atoms in total. The van der Waals surface area contributed by atoms with E-state index in [9.17, 15) is 8.42 Å². The van der Waals surface area contributed by atoms with E-state index in [-0.39, 0.29) is 24.0 Å². The van der Waals surface area contributed by atoms with Crippen LogP contribution in [0.2, 0.25) is 0 Å². The molecule has 4 aromatic rings. The molecular weight excluding hydrogens is 370 g/mol. The maximum absolute atomic E-state index is 12.5. The molecule has 0 fully saturated rings. The lowest BCUT2D eigenvalue weighted by Crippen LogP contribution is -2.29. The molecule has 0 saturated heterocycles. The molecule has 27 heavy (non-hydrogen) atoms. The molecule has 0 saturated carbocycles. The van der Waals surface area contributed by atoms with E-state index >= 15 is 0 Å². The van der Waals surface area contributed by atoms with E-state index in [1.807, 2.05) is 31.2 Å². The first-order valence-corrected chi connectivity index (χ1v) is 9.65. The Labute approximate surface area is 154 Å². The van der Waals surface area contributed by atoms with Gasteiger partial charge in [-0.15, -0.1) is 10.2 Å². The lowest BCUT2D eigenvalue weighted by molar-refractivity contribution is 0.264. The minimum atomic E-state index is -3.84. The van der Waals surface area contributed by atoms with E-state index in [0.29, 0.717) is 11.5 Å². The SMILES string of the molecule is Cc1nn2c(-c3ccc(S(=O)(=O)N(C)CCO)o3)nnc2c2ccccc12. The number of furan rings is 1. The first-order valence-electron chi connectivity index (χ1n) is 8.21. The van der Waals surface area contributed by atoms with Crippen LogP contribution >= 0.6 is 0 Å². The largest absolute Gasteiger partial charge is 0.440 e. The summed E-state index contributed by atoms with van der Waals surface area (Å²) in [5, 5.41) is 23.5. The fourth-order valence-electron chi connectivity index (χ4n) is 2.89. The molecule has 0 bridgehead atoms. The van der Waals surface area contributed by atoms with Crippen molar-refractivity contribution in [1.82, 2.24) is 24.1 Å². The average molecular weight is 387 g/mol. The third-order valence-corrected chi connectivity index (χ3v) is 6.06. The van der Waals surface area contributed by atoms with Crippen molar-refractivity contribution < 1.29 is 17.9 Å². The molecule has 0 amide bonds. The smallest absolute Gasteiger partial charge is 0.276 e. The second-order valence-corrected chi connectivity index (χ2v) is 8.03. The average Bonchev–Trinajstić information content (AvgIpc) is 3.29. The van der Waals surface area contributed by atoms with E-state index in [0.717, 1.165) is 20.8 Å². The Balaban J connectivity index is 1.84. The lowest BCUT2D eigenvalue weighted by atomic mass is 10.1. The summed E-state index contributed by atoms with van der Waals surface area (Å²) in [5.74, 6) is 0.547. The third kappa shape index (κ3) is 2.78. The van der Waals surface area contributed by atoms with E-state index in [1.54, 1.807) is 4.52 Å². The highest BCUT2D eigenvalue weighted by Crippen LogP contribution is 2.27. The standard InChI is InChI=1S/C17H17N5O4S/c1-11-12-5-3-4-6-13(12)16-18-19-17(22(16)20-11)14-7-8-15(26-14)27(24,25)21(2)9-10-23/h3-8,23H,9-10H2,1-2H3. The highest BCUT2D eigenvalue weighted by Gasteiger charge is 2.26. The number of benzene rings is 1. The second-order valence-electron chi connectivity index (χ2n) is 6.06. The van der Waals surface area contributed by atoms with Crippen LogP contribution in [-0.4, -0.2) is 57.8 Å². The van der Waals surface area contributed by atoms with Gasteiger partial charge in [-0.1, -0.05) is 24.3 Å². The zero-order valence-electron chi connectivity index (χ0n) is 14.7. The molecule has 1 N–H and O–H groups in total. The van der Waals surface area contributed by atoms with Gasteiger partial charge in [0.05, 0.1) is 12.3 Å². The summed E-state index contributed by atoms with van der Waals surface area (Å²) in [6, 6.07) is 10.6. The fraction of sp³-hybridized carbons (Fsp3) is 0.235. The molecule has 0 unspecified atom stereocenters.